The number of esters is 1. The van der Waals surface area contributed by atoms with Gasteiger partial charge in [0, 0.05) is 12.4 Å². The molecule has 15 heavy (non-hydrogen) atoms. The van der Waals surface area contributed by atoms with E-state index in [1.54, 1.807) is 0 Å². The molecule has 0 amide bonds. The Morgan fingerprint density at radius 1 is 1.53 bits per heavy atom. The van der Waals surface area contributed by atoms with Gasteiger partial charge in [-0.05, 0) is 18.8 Å². The number of hydrogen-bond donors (Lipinski definition) is 0. The zero-order valence-electron chi connectivity index (χ0n) is 8.31. The molecular formula is C10H11ClN2O2. The van der Waals surface area contributed by atoms with E-state index in [-0.39, 0.29) is 11.9 Å². The second-order valence-corrected chi connectivity index (χ2v) is 4.03. The van der Waals surface area contributed by atoms with Gasteiger partial charge in [-0.25, -0.2) is 9.97 Å². The highest BCUT2D eigenvalue weighted by Crippen LogP contribution is 2.42. The Balaban J connectivity index is 2.24. The van der Waals surface area contributed by atoms with Gasteiger partial charge in [0.1, 0.15) is 11.7 Å². The molecule has 1 heterocycles. The van der Waals surface area contributed by atoms with E-state index in [0.717, 1.165) is 12.8 Å². The highest BCUT2D eigenvalue weighted by Gasteiger charge is 2.39. The summed E-state index contributed by atoms with van der Waals surface area (Å²) in [4.78, 5) is 19.7. The summed E-state index contributed by atoms with van der Waals surface area (Å²) in [5, 5.41) is 0.471. The molecule has 1 unspecified atom stereocenters. The van der Waals surface area contributed by atoms with E-state index in [4.69, 9.17) is 16.3 Å². The number of nitrogens with zero attached hydrogens (tertiary/aromatic N) is 2. The standard InChI is InChI=1S/C10H11ClN2O2/c1-15-10(14)8(6-2-3-6)9-12-4-7(11)5-13-9/h4-6,8H,2-3H2,1H3. The maximum absolute atomic E-state index is 11.5. The highest BCUT2D eigenvalue weighted by molar-refractivity contribution is 6.30. The van der Waals surface area contributed by atoms with Gasteiger partial charge in [0.2, 0.25) is 0 Å². The fourth-order valence-corrected chi connectivity index (χ4v) is 1.65. The third-order valence-corrected chi connectivity index (χ3v) is 2.66. The van der Waals surface area contributed by atoms with Gasteiger partial charge < -0.3 is 4.74 Å². The Bertz CT molecular complexity index is 362. The second kappa shape index (κ2) is 4.14. The summed E-state index contributed by atoms with van der Waals surface area (Å²) in [5.74, 6) is 0.250. The van der Waals surface area contributed by atoms with E-state index in [1.165, 1.54) is 19.5 Å². The normalized spacial score (nSPS) is 17.2. The molecule has 2 rings (SSSR count). The number of halogens is 1. The van der Waals surface area contributed by atoms with Crippen molar-refractivity contribution in [2.45, 2.75) is 18.8 Å². The van der Waals surface area contributed by atoms with Crippen LogP contribution in [0, 0.1) is 5.92 Å². The Kier molecular flexibility index (Phi) is 2.86. The van der Waals surface area contributed by atoms with Crippen molar-refractivity contribution in [3.05, 3.63) is 23.2 Å². The molecule has 0 aromatic carbocycles. The van der Waals surface area contributed by atoms with E-state index < -0.39 is 0 Å². The van der Waals surface area contributed by atoms with Crippen LogP contribution >= 0.6 is 11.6 Å². The van der Waals surface area contributed by atoms with Crippen molar-refractivity contribution in [2.24, 2.45) is 5.92 Å². The highest BCUT2D eigenvalue weighted by atomic mass is 35.5. The van der Waals surface area contributed by atoms with Gasteiger partial charge in [-0.1, -0.05) is 11.6 Å². The first-order valence-corrected chi connectivity index (χ1v) is 5.15. The SMILES string of the molecule is COC(=O)C(c1ncc(Cl)cn1)C1CC1. The molecule has 1 atom stereocenters. The Morgan fingerprint density at radius 2 is 2.13 bits per heavy atom. The van der Waals surface area contributed by atoms with Crippen LogP contribution in [0.2, 0.25) is 5.02 Å². The lowest BCUT2D eigenvalue weighted by Crippen LogP contribution is -2.18. The third kappa shape index (κ3) is 2.26. The molecule has 1 aromatic rings. The average molecular weight is 227 g/mol. The molecule has 0 N–H and O–H groups in total. The first kappa shape index (κ1) is 10.4. The predicted molar refractivity (Wildman–Crippen MR) is 54.5 cm³/mol. The molecule has 0 bridgehead atoms. The summed E-state index contributed by atoms with van der Waals surface area (Å²) in [6.45, 7) is 0. The number of hydrogen-bond acceptors (Lipinski definition) is 4. The molecule has 80 valence electrons. The smallest absolute Gasteiger partial charge is 0.316 e. The zero-order valence-corrected chi connectivity index (χ0v) is 9.07. The summed E-state index contributed by atoms with van der Waals surface area (Å²) in [6.07, 6.45) is 5.07. The second-order valence-electron chi connectivity index (χ2n) is 3.60. The number of ether oxygens (including phenoxy) is 1. The van der Waals surface area contributed by atoms with E-state index in [1.807, 2.05) is 0 Å². The van der Waals surface area contributed by atoms with Gasteiger partial charge in [0.15, 0.2) is 0 Å². The predicted octanol–water partition coefficient (Wildman–Crippen LogP) is 1.80. The third-order valence-electron chi connectivity index (χ3n) is 2.47. The van der Waals surface area contributed by atoms with E-state index >= 15 is 0 Å². The van der Waals surface area contributed by atoms with Crippen molar-refractivity contribution in [3.8, 4) is 0 Å². The van der Waals surface area contributed by atoms with Crippen molar-refractivity contribution in [2.75, 3.05) is 7.11 Å². The number of rotatable bonds is 3. The van der Waals surface area contributed by atoms with E-state index in [9.17, 15) is 4.79 Å². The van der Waals surface area contributed by atoms with Gasteiger partial charge in [-0.2, -0.15) is 0 Å². The van der Waals surface area contributed by atoms with Crippen LogP contribution < -0.4 is 0 Å². The largest absolute Gasteiger partial charge is 0.468 e. The van der Waals surface area contributed by atoms with Crippen molar-refractivity contribution in [3.63, 3.8) is 0 Å². The van der Waals surface area contributed by atoms with Crippen molar-refractivity contribution < 1.29 is 9.53 Å². The summed E-state index contributed by atoms with van der Waals surface area (Å²) in [6, 6.07) is 0. The molecule has 1 aliphatic carbocycles. The fourth-order valence-electron chi connectivity index (χ4n) is 1.55. The lowest BCUT2D eigenvalue weighted by atomic mass is 10.0. The topological polar surface area (TPSA) is 52.1 Å². The quantitative estimate of drug-likeness (QED) is 0.738. The number of carbonyl (C=O) groups excluding carboxylic acids is 1. The average Bonchev–Trinajstić information content (AvgIpc) is 3.05. The molecule has 0 radical (unpaired) electrons. The minimum absolute atomic E-state index is 0.264. The van der Waals surface area contributed by atoms with Gasteiger partial charge >= 0.3 is 5.97 Å². The summed E-state index contributed by atoms with van der Waals surface area (Å²) >= 11 is 5.68. The zero-order chi connectivity index (χ0) is 10.8. The van der Waals surface area contributed by atoms with E-state index in [2.05, 4.69) is 9.97 Å². The van der Waals surface area contributed by atoms with Gasteiger partial charge in [0.25, 0.3) is 0 Å². The Hall–Kier alpha value is -1.16. The molecule has 1 saturated carbocycles. The molecular weight excluding hydrogens is 216 g/mol. The molecule has 0 spiro atoms. The van der Waals surface area contributed by atoms with Gasteiger partial charge in [-0.15, -0.1) is 0 Å². The minimum atomic E-state index is -0.327. The van der Waals surface area contributed by atoms with Crippen molar-refractivity contribution >= 4 is 17.6 Å². The van der Waals surface area contributed by atoms with Crippen LogP contribution in [0.5, 0.6) is 0 Å². The Morgan fingerprint density at radius 3 is 2.60 bits per heavy atom. The van der Waals surface area contributed by atoms with Gasteiger partial charge in [0.05, 0.1) is 12.1 Å². The first-order valence-electron chi connectivity index (χ1n) is 4.77. The molecule has 1 aliphatic rings. The molecule has 1 fully saturated rings. The van der Waals surface area contributed by atoms with Crippen LogP contribution in [0.15, 0.2) is 12.4 Å². The summed E-state index contributed by atoms with van der Waals surface area (Å²) in [5.41, 5.74) is 0. The number of methoxy groups -OCH3 is 1. The monoisotopic (exact) mass is 226 g/mol. The molecule has 0 aliphatic heterocycles. The summed E-state index contributed by atoms with van der Waals surface area (Å²) < 4.78 is 4.75. The van der Waals surface area contributed by atoms with Crippen molar-refractivity contribution in [1.29, 1.82) is 0 Å². The van der Waals surface area contributed by atoms with Crippen LogP contribution in [0.1, 0.15) is 24.6 Å². The lowest BCUT2D eigenvalue weighted by Gasteiger charge is -2.11. The van der Waals surface area contributed by atoms with Crippen LogP contribution in [-0.4, -0.2) is 23.0 Å². The first-order chi connectivity index (χ1) is 7.22. The maximum atomic E-state index is 11.5. The number of aromatic nitrogens is 2. The van der Waals surface area contributed by atoms with E-state index in [0.29, 0.717) is 16.8 Å². The summed E-state index contributed by atoms with van der Waals surface area (Å²) in [7, 11) is 1.38. The molecule has 0 saturated heterocycles. The van der Waals surface area contributed by atoms with Crippen LogP contribution in [0.4, 0.5) is 0 Å². The lowest BCUT2D eigenvalue weighted by molar-refractivity contribution is -0.143. The van der Waals surface area contributed by atoms with Crippen LogP contribution in [0.3, 0.4) is 0 Å². The van der Waals surface area contributed by atoms with Gasteiger partial charge in [-0.3, -0.25) is 4.79 Å². The molecule has 5 heteroatoms. The maximum Gasteiger partial charge on any atom is 0.316 e. The fraction of sp³-hybridized carbons (Fsp3) is 0.500. The Labute approximate surface area is 92.6 Å². The molecule has 1 aromatic heterocycles. The van der Waals surface area contributed by atoms with Crippen LogP contribution in [0.25, 0.3) is 0 Å². The number of carbonyl (C=O) groups is 1. The minimum Gasteiger partial charge on any atom is -0.468 e. The van der Waals surface area contributed by atoms with Crippen LogP contribution in [-0.2, 0) is 9.53 Å². The molecule has 4 nitrogen and oxygen atoms in total. The van der Waals surface area contributed by atoms with Crippen molar-refractivity contribution in [1.82, 2.24) is 9.97 Å².